The van der Waals surface area contributed by atoms with Crippen molar-refractivity contribution in [3.63, 3.8) is 0 Å². The van der Waals surface area contributed by atoms with Gasteiger partial charge in [0.1, 0.15) is 5.75 Å². The summed E-state index contributed by atoms with van der Waals surface area (Å²) in [5, 5.41) is 8.44. The molecule has 10 heteroatoms. The van der Waals surface area contributed by atoms with Crippen LogP contribution in [-0.2, 0) is 9.13 Å². The van der Waals surface area contributed by atoms with Gasteiger partial charge in [0.15, 0.2) is 0 Å². The Balaban J connectivity index is 3.20. The number of aromatic hydroxyl groups is 1. The van der Waals surface area contributed by atoms with Crippen LogP contribution in [0.2, 0.25) is 0 Å². The number of anilines is 1. The van der Waals surface area contributed by atoms with Crippen molar-refractivity contribution in [1.29, 1.82) is 0 Å². The number of phenols is 1. The molecular formula is C8H13NO7P2. The van der Waals surface area contributed by atoms with Crippen LogP contribution in [0.15, 0.2) is 24.3 Å². The smallest absolute Gasteiger partial charge is 0.362 e. The highest BCUT2D eigenvalue weighted by Gasteiger charge is 2.56. The second kappa shape index (κ2) is 4.66. The second-order valence-electron chi connectivity index (χ2n) is 3.78. The van der Waals surface area contributed by atoms with Crippen LogP contribution >= 0.6 is 15.2 Å². The van der Waals surface area contributed by atoms with Gasteiger partial charge in [0.2, 0.25) is 5.02 Å². The monoisotopic (exact) mass is 297 g/mol. The van der Waals surface area contributed by atoms with Crippen molar-refractivity contribution in [3.8, 4) is 5.75 Å². The molecule has 8 nitrogen and oxygen atoms in total. The van der Waals surface area contributed by atoms with Crippen molar-refractivity contribution in [2.75, 3.05) is 5.32 Å². The zero-order valence-corrected chi connectivity index (χ0v) is 11.0. The van der Waals surface area contributed by atoms with Crippen LogP contribution in [-0.4, -0.2) is 29.7 Å². The molecule has 0 amide bonds. The Bertz CT molecular complexity index is 495. The third-order valence-corrected chi connectivity index (χ3v) is 6.44. The van der Waals surface area contributed by atoms with Gasteiger partial charge >= 0.3 is 15.2 Å². The molecular weight excluding hydrogens is 284 g/mol. The minimum absolute atomic E-state index is 0.0574. The van der Waals surface area contributed by atoms with Crippen LogP contribution in [0.25, 0.3) is 0 Å². The van der Waals surface area contributed by atoms with Crippen LogP contribution in [0.3, 0.4) is 0 Å². The first-order chi connectivity index (χ1) is 7.97. The van der Waals surface area contributed by atoms with Crippen molar-refractivity contribution >= 4 is 20.9 Å². The number of nitrogens with one attached hydrogen (secondary N) is 1. The summed E-state index contributed by atoms with van der Waals surface area (Å²) in [5.74, 6) is -0.0883. The van der Waals surface area contributed by atoms with E-state index in [2.05, 4.69) is 5.32 Å². The first-order valence-corrected chi connectivity index (χ1v) is 7.88. The van der Waals surface area contributed by atoms with E-state index in [1.807, 2.05) is 0 Å². The Morgan fingerprint density at radius 2 is 1.39 bits per heavy atom. The third-order valence-electron chi connectivity index (χ3n) is 2.38. The average molecular weight is 297 g/mol. The maximum Gasteiger partial charge on any atom is 0.362 e. The summed E-state index contributed by atoms with van der Waals surface area (Å²) >= 11 is 0. The molecule has 0 unspecified atom stereocenters. The molecule has 1 aromatic rings. The molecule has 0 saturated heterocycles. The van der Waals surface area contributed by atoms with E-state index in [0.717, 1.165) is 6.92 Å². The van der Waals surface area contributed by atoms with E-state index in [-0.39, 0.29) is 11.4 Å². The Hall–Kier alpha value is -0.880. The van der Waals surface area contributed by atoms with E-state index in [0.29, 0.717) is 0 Å². The molecule has 0 aromatic heterocycles. The van der Waals surface area contributed by atoms with Crippen molar-refractivity contribution in [1.82, 2.24) is 0 Å². The van der Waals surface area contributed by atoms with Gasteiger partial charge in [-0.25, -0.2) is 0 Å². The lowest BCUT2D eigenvalue weighted by atomic mass is 10.3. The number of hydrogen-bond donors (Lipinski definition) is 6. The lowest BCUT2D eigenvalue weighted by Crippen LogP contribution is -2.34. The molecule has 6 N–H and O–H groups in total. The van der Waals surface area contributed by atoms with E-state index in [4.69, 9.17) is 24.7 Å². The summed E-state index contributed by atoms with van der Waals surface area (Å²) in [7, 11) is -10.2. The maximum absolute atomic E-state index is 11.3. The van der Waals surface area contributed by atoms with Crippen molar-refractivity contribution in [3.05, 3.63) is 24.3 Å². The van der Waals surface area contributed by atoms with Gasteiger partial charge in [0, 0.05) is 5.69 Å². The van der Waals surface area contributed by atoms with Gasteiger partial charge < -0.3 is 30.0 Å². The highest BCUT2D eigenvalue weighted by atomic mass is 31.2. The molecule has 0 bridgehead atoms. The largest absolute Gasteiger partial charge is 0.508 e. The fourth-order valence-corrected chi connectivity index (χ4v) is 3.04. The molecule has 18 heavy (non-hydrogen) atoms. The fourth-order valence-electron chi connectivity index (χ4n) is 1.13. The van der Waals surface area contributed by atoms with Gasteiger partial charge in [-0.2, -0.15) is 0 Å². The Labute approximate surface area is 103 Å². The van der Waals surface area contributed by atoms with Crippen LogP contribution in [0.1, 0.15) is 6.92 Å². The predicted octanol–water partition coefficient (Wildman–Crippen LogP) is 0.833. The van der Waals surface area contributed by atoms with Gasteiger partial charge in [0.25, 0.3) is 0 Å². The molecule has 0 aliphatic carbocycles. The number of phenolic OH excluding ortho intramolecular Hbond substituents is 1. The summed E-state index contributed by atoms with van der Waals surface area (Å²) < 4.78 is 22.5. The van der Waals surface area contributed by atoms with Crippen LogP contribution in [0.4, 0.5) is 5.69 Å². The highest BCUT2D eigenvalue weighted by Crippen LogP contribution is 2.68. The zero-order chi connectivity index (χ0) is 14.2. The van der Waals surface area contributed by atoms with Crippen LogP contribution in [0, 0.1) is 0 Å². The molecule has 0 aliphatic rings. The highest BCUT2D eigenvalue weighted by molar-refractivity contribution is 7.72. The summed E-state index contributed by atoms with van der Waals surface area (Å²) in [6.45, 7) is 0.738. The fraction of sp³-hybridized carbons (Fsp3) is 0.250. The Morgan fingerprint density at radius 1 is 1.00 bits per heavy atom. The van der Waals surface area contributed by atoms with Crippen molar-refractivity contribution in [2.45, 2.75) is 11.9 Å². The number of hydrogen-bond acceptors (Lipinski definition) is 4. The summed E-state index contributed by atoms with van der Waals surface area (Å²) in [4.78, 5) is 36.4. The quantitative estimate of drug-likeness (QED) is 0.354. The predicted molar refractivity (Wildman–Crippen MR) is 64.2 cm³/mol. The molecule has 0 heterocycles. The van der Waals surface area contributed by atoms with Gasteiger partial charge in [-0.1, -0.05) is 0 Å². The minimum Gasteiger partial charge on any atom is -0.508 e. The molecule has 1 rings (SSSR count). The molecule has 0 saturated carbocycles. The van der Waals surface area contributed by atoms with E-state index >= 15 is 0 Å². The summed E-state index contributed by atoms with van der Waals surface area (Å²) in [6.07, 6.45) is 0. The Kier molecular flexibility index (Phi) is 3.93. The average Bonchev–Trinajstić information content (AvgIpc) is 2.18. The third kappa shape index (κ3) is 2.92. The van der Waals surface area contributed by atoms with Gasteiger partial charge in [0.05, 0.1) is 0 Å². The first-order valence-electron chi connectivity index (χ1n) is 4.66. The molecule has 102 valence electrons. The standard InChI is InChI=1S/C8H13NO7P2/c1-8(17(11,12)13,18(14,15)16)9-6-2-4-7(10)5-3-6/h2-5,9-10H,1H3,(H2,11,12,13)(H2,14,15,16). The number of benzene rings is 1. The van der Waals surface area contributed by atoms with Gasteiger partial charge in [-0.3, -0.25) is 9.13 Å². The molecule has 0 aliphatic heterocycles. The summed E-state index contributed by atoms with van der Waals surface area (Å²) in [6, 6.07) is 4.89. The van der Waals surface area contributed by atoms with E-state index in [1.165, 1.54) is 24.3 Å². The second-order valence-corrected chi connectivity index (χ2v) is 8.10. The topological polar surface area (TPSA) is 147 Å². The first kappa shape index (κ1) is 15.2. The SMILES string of the molecule is CC(Nc1ccc(O)cc1)(P(=O)(O)O)P(=O)(O)O. The van der Waals surface area contributed by atoms with Crippen LogP contribution < -0.4 is 5.32 Å². The summed E-state index contributed by atoms with van der Waals surface area (Å²) in [5.41, 5.74) is 0.0574. The van der Waals surface area contributed by atoms with Gasteiger partial charge in [-0.15, -0.1) is 0 Å². The maximum atomic E-state index is 11.3. The molecule has 0 spiro atoms. The van der Waals surface area contributed by atoms with Crippen LogP contribution in [0.5, 0.6) is 5.75 Å². The van der Waals surface area contributed by atoms with Gasteiger partial charge in [-0.05, 0) is 31.2 Å². The van der Waals surface area contributed by atoms with E-state index in [1.54, 1.807) is 0 Å². The van der Waals surface area contributed by atoms with Crippen molar-refractivity contribution < 1.29 is 33.8 Å². The van der Waals surface area contributed by atoms with E-state index < -0.39 is 20.2 Å². The lowest BCUT2D eigenvalue weighted by molar-refractivity contribution is 0.321. The van der Waals surface area contributed by atoms with E-state index in [9.17, 15) is 9.13 Å². The molecule has 0 radical (unpaired) electrons. The molecule has 0 atom stereocenters. The van der Waals surface area contributed by atoms with Crippen molar-refractivity contribution in [2.24, 2.45) is 0 Å². The number of rotatable bonds is 4. The minimum atomic E-state index is -5.12. The molecule has 0 fully saturated rings. The Morgan fingerprint density at radius 3 is 1.72 bits per heavy atom. The zero-order valence-electron chi connectivity index (χ0n) is 9.26. The molecule has 1 aromatic carbocycles. The lowest BCUT2D eigenvalue weighted by Gasteiger charge is -2.32. The normalized spacial score (nSPS) is 13.4.